The van der Waals surface area contributed by atoms with Crippen LogP contribution in [0.2, 0.25) is 0 Å². The number of aromatic carboxylic acids is 1. The fraction of sp³-hybridized carbons (Fsp3) is 0.308. The minimum atomic E-state index is -1.01. The van der Waals surface area contributed by atoms with Crippen LogP contribution in [-0.4, -0.2) is 39.1 Å². The third kappa shape index (κ3) is 2.23. The molecule has 20 heavy (non-hydrogen) atoms. The van der Waals surface area contributed by atoms with Gasteiger partial charge in [-0.15, -0.1) is 0 Å². The number of carboxylic acids is 1. The van der Waals surface area contributed by atoms with E-state index in [1.165, 1.54) is 18.3 Å². The Morgan fingerprint density at radius 1 is 1.50 bits per heavy atom. The quantitative estimate of drug-likeness (QED) is 0.876. The third-order valence-electron chi connectivity index (χ3n) is 3.23. The van der Waals surface area contributed by atoms with Crippen LogP contribution >= 0.6 is 0 Å². The second-order valence-corrected chi connectivity index (χ2v) is 4.58. The van der Waals surface area contributed by atoms with Crippen LogP contribution in [0.4, 0.5) is 5.82 Å². The van der Waals surface area contributed by atoms with Gasteiger partial charge < -0.3 is 15.2 Å². The highest BCUT2D eigenvalue weighted by atomic mass is 16.5. The molecule has 1 aliphatic heterocycles. The van der Waals surface area contributed by atoms with Crippen molar-refractivity contribution in [1.29, 1.82) is 0 Å². The van der Waals surface area contributed by atoms with Crippen molar-refractivity contribution >= 4 is 23.3 Å². The molecule has 1 fully saturated rings. The highest BCUT2D eigenvalue weighted by molar-refractivity contribution is 5.94. The Labute approximate surface area is 114 Å². The molecule has 7 nitrogen and oxygen atoms in total. The first-order chi connectivity index (χ1) is 9.65. The number of fused-ring (bicyclic) bond motifs is 1. The van der Waals surface area contributed by atoms with Crippen LogP contribution in [0.25, 0.3) is 5.65 Å². The molecule has 1 atom stereocenters. The summed E-state index contributed by atoms with van der Waals surface area (Å²) in [5, 5.41) is 11.7. The molecule has 2 aromatic heterocycles. The van der Waals surface area contributed by atoms with Crippen LogP contribution in [0.3, 0.4) is 0 Å². The van der Waals surface area contributed by atoms with Gasteiger partial charge in [-0.25, -0.2) is 9.78 Å². The number of rotatable bonds is 3. The summed E-state index contributed by atoms with van der Waals surface area (Å²) in [5.74, 6) is -0.718. The van der Waals surface area contributed by atoms with Gasteiger partial charge in [0.25, 0.3) is 5.91 Å². The first-order valence-corrected chi connectivity index (χ1v) is 6.28. The van der Waals surface area contributed by atoms with Crippen LogP contribution < -0.4 is 5.32 Å². The summed E-state index contributed by atoms with van der Waals surface area (Å²) in [7, 11) is 0. The molecule has 104 valence electrons. The van der Waals surface area contributed by atoms with Gasteiger partial charge >= 0.3 is 5.97 Å². The Kier molecular flexibility index (Phi) is 3.11. The molecular weight excluding hydrogens is 262 g/mol. The third-order valence-corrected chi connectivity index (χ3v) is 3.23. The van der Waals surface area contributed by atoms with E-state index in [0.29, 0.717) is 24.5 Å². The SMILES string of the molecule is O=C(O)c1ccn2c(NC(=O)C3CCCO3)cnc2c1. The van der Waals surface area contributed by atoms with Crippen LogP contribution in [0, 0.1) is 0 Å². The summed E-state index contributed by atoms with van der Waals surface area (Å²) in [5.41, 5.74) is 0.618. The first-order valence-electron chi connectivity index (χ1n) is 6.28. The second kappa shape index (κ2) is 4.93. The zero-order valence-corrected chi connectivity index (χ0v) is 10.6. The van der Waals surface area contributed by atoms with Crippen molar-refractivity contribution in [3.63, 3.8) is 0 Å². The normalized spacial score (nSPS) is 18.3. The van der Waals surface area contributed by atoms with Crippen LogP contribution in [0.15, 0.2) is 24.5 Å². The number of nitrogens with one attached hydrogen (secondary N) is 1. The fourth-order valence-electron chi connectivity index (χ4n) is 2.20. The van der Waals surface area contributed by atoms with Crippen LogP contribution in [-0.2, 0) is 9.53 Å². The van der Waals surface area contributed by atoms with Gasteiger partial charge in [0.15, 0.2) is 0 Å². The molecule has 2 aromatic rings. The summed E-state index contributed by atoms with van der Waals surface area (Å²) < 4.78 is 6.93. The Hall–Kier alpha value is -2.41. The summed E-state index contributed by atoms with van der Waals surface area (Å²) >= 11 is 0. The maximum absolute atomic E-state index is 12.0. The predicted octanol–water partition coefficient (Wildman–Crippen LogP) is 1.15. The molecule has 1 unspecified atom stereocenters. The molecule has 2 N–H and O–H groups in total. The minimum absolute atomic E-state index is 0.153. The average molecular weight is 275 g/mol. The van der Waals surface area contributed by atoms with E-state index in [1.807, 2.05) is 0 Å². The molecule has 0 saturated carbocycles. The average Bonchev–Trinajstić information content (AvgIpc) is 3.07. The smallest absolute Gasteiger partial charge is 0.335 e. The van der Waals surface area contributed by atoms with Crippen molar-refractivity contribution in [1.82, 2.24) is 9.38 Å². The summed E-state index contributed by atoms with van der Waals surface area (Å²) in [6.45, 7) is 0.604. The first kappa shape index (κ1) is 12.6. The lowest BCUT2D eigenvalue weighted by molar-refractivity contribution is -0.124. The number of nitrogens with zero attached hydrogens (tertiary/aromatic N) is 2. The van der Waals surface area contributed by atoms with E-state index in [-0.39, 0.29) is 11.5 Å². The van der Waals surface area contributed by atoms with E-state index >= 15 is 0 Å². The topological polar surface area (TPSA) is 92.9 Å². The van der Waals surface area contributed by atoms with E-state index in [1.54, 1.807) is 10.6 Å². The Bertz CT molecular complexity index is 673. The molecule has 1 aliphatic rings. The van der Waals surface area contributed by atoms with E-state index in [9.17, 15) is 9.59 Å². The van der Waals surface area contributed by atoms with Gasteiger partial charge in [0, 0.05) is 12.8 Å². The lowest BCUT2D eigenvalue weighted by Gasteiger charge is -2.09. The number of aromatic nitrogens is 2. The number of amides is 1. The highest BCUT2D eigenvalue weighted by Crippen LogP contribution is 2.17. The van der Waals surface area contributed by atoms with Gasteiger partial charge in [0.05, 0.1) is 11.8 Å². The molecule has 3 rings (SSSR count). The van der Waals surface area contributed by atoms with Crippen molar-refractivity contribution in [3.8, 4) is 0 Å². The molecular formula is C13H13N3O4. The maximum Gasteiger partial charge on any atom is 0.335 e. The van der Waals surface area contributed by atoms with E-state index < -0.39 is 12.1 Å². The molecule has 0 aliphatic carbocycles. The summed E-state index contributed by atoms with van der Waals surface area (Å²) in [6.07, 6.45) is 4.24. The van der Waals surface area contributed by atoms with Crippen molar-refractivity contribution in [2.24, 2.45) is 0 Å². The zero-order valence-electron chi connectivity index (χ0n) is 10.6. The minimum Gasteiger partial charge on any atom is -0.478 e. The monoisotopic (exact) mass is 275 g/mol. The molecule has 0 aromatic carbocycles. The number of imidazole rings is 1. The van der Waals surface area contributed by atoms with Crippen molar-refractivity contribution < 1.29 is 19.4 Å². The van der Waals surface area contributed by atoms with E-state index in [2.05, 4.69) is 10.3 Å². The van der Waals surface area contributed by atoms with Gasteiger partial charge in [-0.2, -0.15) is 0 Å². The van der Waals surface area contributed by atoms with Crippen molar-refractivity contribution in [3.05, 3.63) is 30.1 Å². The molecule has 1 amide bonds. The summed E-state index contributed by atoms with van der Waals surface area (Å²) in [6, 6.07) is 2.91. The van der Waals surface area contributed by atoms with Gasteiger partial charge in [-0.1, -0.05) is 0 Å². The number of hydrogen-bond acceptors (Lipinski definition) is 4. The number of pyridine rings is 1. The predicted molar refractivity (Wildman–Crippen MR) is 69.8 cm³/mol. The van der Waals surface area contributed by atoms with Gasteiger partial charge in [0.1, 0.15) is 17.6 Å². The Morgan fingerprint density at radius 2 is 2.35 bits per heavy atom. The lowest BCUT2D eigenvalue weighted by Crippen LogP contribution is -2.27. The fourth-order valence-corrected chi connectivity index (χ4v) is 2.20. The van der Waals surface area contributed by atoms with Gasteiger partial charge in [-0.3, -0.25) is 9.20 Å². The number of carboxylic acid groups (broad SMARTS) is 1. The van der Waals surface area contributed by atoms with E-state index in [0.717, 1.165) is 6.42 Å². The number of carbonyl (C=O) groups is 2. The molecule has 0 radical (unpaired) electrons. The summed E-state index contributed by atoms with van der Waals surface area (Å²) in [4.78, 5) is 26.9. The van der Waals surface area contributed by atoms with Crippen LogP contribution in [0.1, 0.15) is 23.2 Å². The number of anilines is 1. The highest BCUT2D eigenvalue weighted by Gasteiger charge is 2.24. The van der Waals surface area contributed by atoms with Crippen molar-refractivity contribution in [2.75, 3.05) is 11.9 Å². The second-order valence-electron chi connectivity index (χ2n) is 4.58. The number of carbonyl (C=O) groups excluding carboxylic acids is 1. The zero-order chi connectivity index (χ0) is 14.1. The standard InChI is InChI=1S/C13H13N3O4/c17-12(9-2-1-5-20-9)15-11-7-14-10-6-8(13(18)19)3-4-16(10)11/h3-4,6-7,9H,1-2,5H2,(H,15,17)(H,18,19). The Morgan fingerprint density at radius 3 is 3.05 bits per heavy atom. The largest absolute Gasteiger partial charge is 0.478 e. The van der Waals surface area contributed by atoms with Crippen LogP contribution in [0.5, 0.6) is 0 Å². The van der Waals surface area contributed by atoms with Crippen molar-refractivity contribution in [2.45, 2.75) is 18.9 Å². The molecule has 7 heteroatoms. The maximum atomic E-state index is 12.0. The lowest BCUT2D eigenvalue weighted by atomic mass is 10.2. The molecule has 0 spiro atoms. The number of ether oxygens (including phenoxy) is 1. The Balaban J connectivity index is 1.85. The van der Waals surface area contributed by atoms with Gasteiger partial charge in [-0.05, 0) is 25.0 Å². The van der Waals surface area contributed by atoms with E-state index in [4.69, 9.17) is 9.84 Å². The molecule has 3 heterocycles. The molecule has 0 bridgehead atoms. The van der Waals surface area contributed by atoms with Gasteiger partial charge in [0.2, 0.25) is 0 Å². The molecule has 1 saturated heterocycles. The number of hydrogen-bond donors (Lipinski definition) is 2.